The van der Waals surface area contributed by atoms with Gasteiger partial charge in [0.05, 0.1) is 12.0 Å². The number of allylic oxidation sites excluding steroid dienone is 1. The number of hydrogen-bond acceptors (Lipinski definition) is 3. The summed E-state index contributed by atoms with van der Waals surface area (Å²) in [4.78, 5) is 0. The third-order valence-corrected chi connectivity index (χ3v) is 3.31. The Labute approximate surface area is 97.2 Å². The average molecular weight is 238 g/mol. The number of fused-ring (bicyclic) bond motifs is 1. The molecule has 2 rings (SSSR count). The molecule has 0 N–H and O–H groups in total. The van der Waals surface area contributed by atoms with Crippen LogP contribution in [0.4, 0.5) is 0 Å². The van der Waals surface area contributed by atoms with Crippen molar-refractivity contribution >= 4 is 8.32 Å². The minimum Gasteiger partial charge on any atom is -0.547 e. The van der Waals surface area contributed by atoms with Crippen molar-refractivity contribution in [3.05, 3.63) is 35.5 Å². The van der Waals surface area contributed by atoms with Crippen LogP contribution in [0.15, 0.2) is 28.6 Å². The molecule has 0 spiro atoms. The van der Waals surface area contributed by atoms with E-state index in [2.05, 4.69) is 19.6 Å². The Hall–Kier alpha value is -1.00. The third kappa shape index (κ3) is 2.39. The highest BCUT2D eigenvalue weighted by molar-refractivity contribution is 6.70. The van der Waals surface area contributed by atoms with Gasteiger partial charge < -0.3 is 13.6 Å². The van der Waals surface area contributed by atoms with Crippen LogP contribution in [0.3, 0.4) is 0 Å². The van der Waals surface area contributed by atoms with E-state index in [0.29, 0.717) is 0 Å². The predicted molar refractivity (Wildman–Crippen MR) is 64.7 cm³/mol. The van der Waals surface area contributed by atoms with Crippen molar-refractivity contribution in [3.8, 4) is 0 Å². The molecular weight excluding hydrogens is 220 g/mol. The maximum Gasteiger partial charge on any atom is 0.241 e. The van der Waals surface area contributed by atoms with E-state index in [4.69, 9.17) is 13.6 Å². The molecule has 0 saturated carbocycles. The summed E-state index contributed by atoms with van der Waals surface area (Å²) in [6.07, 6.45) is 4.44. The minimum absolute atomic E-state index is 0.106. The number of furan rings is 1. The van der Waals surface area contributed by atoms with Crippen LogP contribution in [0.1, 0.15) is 17.4 Å². The Bertz CT molecular complexity index is 401. The number of rotatable bonds is 3. The van der Waals surface area contributed by atoms with E-state index in [-0.39, 0.29) is 6.10 Å². The molecule has 0 aromatic carbocycles. The SMILES string of the molecule is CO[C@@H]1C=C(O[Si](C)(C)C)Cc2ccoc21. The van der Waals surface area contributed by atoms with Crippen LogP contribution < -0.4 is 0 Å². The molecule has 0 radical (unpaired) electrons. The van der Waals surface area contributed by atoms with Gasteiger partial charge in [0.1, 0.15) is 11.9 Å². The molecule has 0 amide bonds. The lowest BCUT2D eigenvalue weighted by Gasteiger charge is -2.26. The molecule has 0 fully saturated rings. The van der Waals surface area contributed by atoms with Gasteiger partial charge in [-0.1, -0.05) is 0 Å². The molecule has 16 heavy (non-hydrogen) atoms. The van der Waals surface area contributed by atoms with Gasteiger partial charge in [0, 0.05) is 19.1 Å². The zero-order valence-corrected chi connectivity index (χ0v) is 11.2. The maximum absolute atomic E-state index is 6.02. The van der Waals surface area contributed by atoms with Crippen molar-refractivity contribution in [1.82, 2.24) is 0 Å². The molecule has 1 aromatic heterocycles. The van der Waals surface area contributed by atoms with Crippen molar-refractivity contribution < 1.29 is 13.6 Å². The van der Waals surface area contributed by atoms with Gasteiger partial charge in [-0.3, -0.25) is 0 Å². The summed E-state index contributed by atoms with van der Waals surface area (Å²) < 4.78 is 16.8. The molecule has 0 aliphatic heterocycles. The fourth-order valence-corrected chi connectivity index (χ4v) is 2.80. The van der Waals surface area contributed by atoms with Crippen LogP contribution in [-0.4, -0.2) is 15.4 Å². The highest BCUT2D eigenvalue weighted by Crippen LogP contribution is 2.32. The van der Waals surface area contributed by atoms with Crippen LogP contribution in [0, 0.1) is 0 Å². The first-order valence-electron chi connectivity index (χ1n) is 5.48. The zero-order valence-electron chi connectivity index (χ0n) is 10.2. The molecule has 0 bridgehead atoms. The van der Waals surface area contributed by atoms with Gasteiger partial charge in [-0.2, -0.15) is 0 Å². The van der Waals surface area contributed by atoms with Gasteiger partial charge in [0.15, 0.2) is 0 Å². The molecule has 1 heterocycles. The Balaban J connectivity index is 2.22. The Morgan fingerprint density at radius 2 is 2.12 bits per heavy atom. The number of hydrogen-bond donors (Lipinski definition) is 0. The fraction of sp³-hybridized carbons (Fsp3) is 0.500. The Kier molecular flexibility index (Phi) is 2.95. The monoisotopic (exact) mass is 238 g/mol. The van der Waals surface area contributed by atoms with Gasteiger partial charge >= 0.3 is 0 Å². The van der Waals surface area contributed by atoms with Gasteiger partial charge in [-0.05, 0) is 31.8 Å². The first-order chi connectivity index (χ1) is 7.49. The normalized spacial score (nSPS) is 20.2. The number of methoxy groups -OCH3 is 1. The van der Waals surface area contributed by atoms with E-state index in [1.165, 1.54) is 5.56 Å². The van der Waals surface area contributed by atoms with Crippen LogP contribution in [-0.2, 0) is 15.6 Å². The molecule has 3 nitrogen and oxygen atoms in total. The smallest absolute Gasteiger partial charge is 0.241 e. The van der Waals surface area contributed by atoms with E-state index >= 15 is 0 Å². The van der Waals surface area contributed by atoms with Crippen LogP contribution >= 0.6 is 0 Å². The van der Waals surface area contributed by atoms with Gasteiger partial charge in [-0.15, -0.1) is 0 Å². The molecule has 1 aliphatic rings. The maximum atomic E-state index is 6.02. The Morgan fingerprint density at radius 3 is 2.75 bits per heavy atom. The summed E-state index contributed by atoms with van der Waals surface area (Å²) in [6.45, 7) is 6.54. The summed E-state index contributed by atoms with van der Waals surface area (Å²) in [5.41, 5.74) is 1.17. The first-order valence-corrected chi connectivity index (χ1v) is 8.89. The summed E-state index contributed by atoms with van der Waals surface area (Å²) in [5.74, 6) is 1.92. The van der Waals surface area contributed by atoms with E-state index in [9.17, 15) is 0 Å². The molecule has 88 valence electrons. The standard InChI is InChI=1S/C12H18O3Si/c1-13-11-8-10(15-16(2,3)4)7-9-5-6-14-12(9)11/h5-6,8,11H,7H2,1-4H3/t11-/m1/s1. The summed E-state index contributed by atoms with van der Waals surface area (Å²) in [7, 11) is 0.143. The van der Waals surface area contributed by atoms with Crippen molar-refractivity contribution in [1.29, 1.82) is 0 Å². The highest BCUT2D eigenvalue weighted by Gasteiger charge is 2.26. The molecule has 1 aliphatic carbocycles. The molecule has 4 heteroatoms. The van der Waals surface area contributed by atoms with E-state index in [1.54, 1.807) is 13.4 Å². The van der Waals surface area contributed by atoms with Gasteiger partial charge in [0.25, 0.3) is 0 Å². The van der Waals surface area contributed by atoms with Crippen molar-refractivity contribution in [3.63, 3.8) is 0 Å². The second-order valence-electron chi connectivity index (χ2n) is 4.99. The topological polar surface area (TPSA) is 31.6 Å². The lowest BCUT2D eigenvalue weighted by atomic mass is 10.0. The minimum atomic E-state index is -1.54. The average Bonchev–Trinajstić information content (AvgIpc) is 2.61. The highest BCUT2D eigenvalue weighted by atomic mass is 28.4. The van der Waals surface area contributed by atoms with Crippen molar-refractivity contribution in [2.75, 3.05) is 7.11 Å². The lowest BCUT2D eigenvalue weighted by Crippen LogP contribution is -2.26. The largest absolute Gasteiger partial charge is 0.547 e. The molecule has 1 aromatic rings. The molecule has 0 saturated heterocycles. The van der Waals surface area contributed by atoms with Crippen LogP contribution in [0.25, 0.3) is 0 Å². The zero-order chi connectivity index (χ0) is 11.8. The van der Waals surface area contributed by atoms with Crippen molar-refractivity contribution in [2.45, 2.75) is 32.2 Å². The predicted octanol–water partition coefficient (Wildman–Crippen LogP) is 3.26. The quantitative estimate of drug-likeness (QED) is 0.757. The summed E-state index contributed by atoms with van der Waals surface area (Å²) in [5, 5.41) is 0. The number of ether oxygens (including phenoxy) is 1. The van der Waals surface area contributed by atoms with E-state index in [1.807, 2.05) is 12.1 Å². The third-order valence-electron chi connectivity index (χ3n) is 2.43. The summed E-state index contributed by atoms with van der Waals surface area (Å²) >= 11 is 0. The van der Waals surface area contributed by atoms with Gasteiger partial charge in [0.2, 0.25) is 8.32 Å². The summed E-state index contributed by atoms with van der Waals surface area (Å²) in [6, 6.07) is 1.99. The molecule has 0 unspecified atom stereocenters. The molecule has 1 atom stereocenters. The van der Waals surface area contributed by atoms with Gasteiger partial charge in [-0.25, -0.2) is 0 Å². The molecular formula is C12H18O3Si. The van der Waals surface area contributed by atoms with Crippen molar-refractivity contribution in [2.24, 2.45) is 0 Å². The van der Waals surface area contributed by atoms with Crippen LogP contribution in [0.5, 0.6) is 0 Å². The second kappa shape index (κ2) is 4.11. The van der Waals surface area contributed by atoms with Crippen LogP contribution in [0.2, 0.25) is 19.6 Å². The lowest BCUT2D eigenvalue weighted by molar-refractivity contribution is 0.115. The Morgan fingerprint density at radius 1 is 1.38 bits per heavy atom. The fourth-order valence-electron chi connectivity index (χ4n) is 1.87. The van der Waals surface area contributed by atoms with E-state index in [0.717, 1.165) is 17.9 Å². The van der Waals surface area contributed by atoms with E-state index < -0.39 is 8.32 Å². The second-order valence-corrected chi connectivity index (χ2v) is 9.42. The first kappa shape index (κ1) is 11.5.